The Labute approximate surface area is 136 Å². The fourth-order valence-electron chi connectivity index (χ4n) is 2.44. The van der Waals surface area contributed by atoms with Crippen LogP contribution in [0.25, 0.3) is 0 Å². The van der Waals surface area contributed by atoms with Gasteiger partial charge in [0.2, 0.25) is 5.91 Å². The first-order valence-electron chi connectivity index (χ1n) is 7.61. The molecule has 1 rings (SSSR count). The number of carbonyl (C=O) groups excluding carboxylic acids is 2. The van der Waals surface area contributed by atoms with Crippen LogP contribution in [0.2, 0.25) is 0 Å². The zero-order valence-corrected chi connectivity index (χ0v) is 13.5. The largest absolute Gasteiger partial charge is 0.480 e. The normalized spacial score (nSPS) is 14.6. The number of hydrogen-bond donors (Lipinski definition) is 3. The summed E-state index contributed by atoms with van der Waals surface area (Å²) < 4.78 is 0. The van der Waals surface area contributed by atoms with Gasteiger partial charge in [0.1, 0.15) is 6.04 Å². The van der Waals surface area contributed by atoms with Crippen molar-refractivity contribution < 1.29 is 19.5 Å². The molecule has 1 aromatic carbocycles. The van der Waals surface area contributed by atoms with Crippen LogP contribution in [0.4, 0.5) is 0 Å². The van der Waals surface area contributed by atoms with E-state index in [9.17, 15) is 14.4 Å². The minimum absolute atomic E-state index is 0.117. The van der Waals surface area contributed by atoms with Crippen molar-refractivity contribution in [3.63, 3.8) is 0 Å². The van der Waals surface area contributed by atoms with Crippen LogP contribution in [-0.2, 0) is 20.8 Å². The maximum absolute atomic E-state index is 12.4. The van der Waals surface area contributed by atoms with Crippen molar-refractivity contribution in [2.75, 3.05) is 0 Å². The van der Waals surface area contributed by atoms with Crippen molar-refractivity contribution in [1.29, 1.82) is 0 Å². The van der Waals surface area contributed by atoms with Gasteiger partial charge in [0.15, 0.2) is 5.78 Å². The molecule has 0 aliphatic heterocycles. The van der Waals surface area contributed by atoms with Gasteiger partial charge >= 0.3 is 5.97 Å². The van der Waals surface area contributed by atoms with Crippen LogP contribution in [0, 0.1) is 5.92 Å². The number of hydrogen-bond acceptors (Lipinski definition) is 4. The van der Waals surface area contributed by atoms with Crippen LogP contribution in [0.15, 0.2) is 30.3 Å². The van der Waals surface area contributed by atoms with Crippen LogP contribution in [0.1, 0.15) is 32.3 Å². The van der Waals surface area contributed by atoms with E-state index >= 15 is 0 Å². The number of nitrogens with two attached hydrogens (primary N) is 1. The third-order valence-electron chi connectivity index (χ3n) is 3.57. The molecule has 0 saturated carbocycles. The second kappa shape index (κ2) is 9.05. The molecule has 0 aliphatic rings. The van der Waals surface area contributed by atoms with E-state index in [0.717, 1.165) is 5.56 Å². The number of Topliss-reactive ketones (excluding diaryl/α,β-unsaturated/α-hetero) is 1. The molecule has 0 radical (unpaired) electrons. The number of carboxylic acid groups (broad SMARTS) is 1. The molecule has 0 aromatic heterocycles. The highest BCUT2D eigenvalue weighted by Crippen LogP contribution is 2.14. The van der Waals surface area contributed by atoms with Crippen molar-refractivity contribution >= 4 is 17.7 Å². The molecule has 0 bridgehead atoms. The summed E-state index contributed by atoms with van der Waals surface area (Å²) in [6.07, 6.45) is 0.814. The molecule has 0 heterocycles. The third-order valence-corrected chi connectivity index (χ3v) is 3.57. The van der Waals surface area contributed by atoms with E-state index in [1.54, 1.807) is 6.92 Å². The topological polar surface area (TPSA) is 109 Å². The molecule has 126 valence electrons. The number of amides is 1. The van der Waals surface area contributed by atoms with Crippen molar-refractivity contribution in [1.82, 2.24) is 5.32 Å². The summed E-state index contributed by atoms with van der Waals surface area (Å²) in [6, 6.07) is 7.83. The smallest absolute Gasteiger partial charge is 0.320 e. The average Bonchev–Trinajstić information content (AvgIpc) is 2.46. The van der Waals surface area contributed by atoms with E-state index < -0.39 is 18.1 Å². The Bertz CT molecular complexity index is 545. The zero-order chi connectivity index (χ0) is 17.4. The summed E-state index contributed by atoms with van der Waals surface area (Å²) in [7, 11) is 0. The van der Waals surface area contributed by atoms with Crippen LogP contribution in [0.3, 0.4) is 0 Å². The van der Waals surface area contributed by atoms with Crippen molar-refractivity contribution in [2.24, 2.45) is 11.7 Å². The first-order valence-corrected chi connectivity index (χ1v) is 7.61. The molecule has 4 N–H and O–H groups in total. The maximum Gasteiger partial charge on any atom is 0.320 e. The molecule has 0 saturated heterocycles. The SMILES string of the molecule is CC(=O)NC(Cc1ccccc1)C(=O)CC(C)C[C@H](N)C(=O)O. The van der Waals surface area contributed by atoms with Crippen LogP contribution >= 0.6 is 0 Å². The fraction of sp³-hybridized carbons (Fsp3) is 0.471. The Morgan fingerprint density at radius 3 is 2.35 bits per heavy atom. The molecule has 1 aromatic rings. The molecule has 23 heavy (non-hydrogen) atoms. The van der Waals surface area contributed by atoms with Gasteiger partial charge < -0.3 is 16.2 Å². The van der Waals surface area contributed by atoms with E-state index in [-0.39, 0.29) is 30.4 Å². The Morgan fingerprint density at radius 2 is 1.83 bits per heavy atom. The Kier molecular flexibility index (Phi) is 7.41. The number of rotatable bonds is 9. The zero-order valence-electron chi connectivity index (χ0n) is 13.5. The number of carbonyl (C=O) groups is 3. The summed E-state index contributed by atoms with van der Waals surface area (Å²) in [5.74, 6) is -1.63. The van der Waals surface area contributed by atoms with Gasteiger partial charge in [-0.2, -0.15) is 0 Å². The van der Waals surface area contributed by atoms with Gasteiger partial charge in [0.05, 0.1) is 6.04 Å². The molecular formula is C17H24N2O4. The van der Waals surface area contributed by atoms with Crippen molar-refractivity contribution in [3.8, 4) is 0 Å². The lowest BCUT2D eigenvalue weighted by molar-refractivity contribution is -0.139. The average molecular weight is 320 g/mol. The van der Waals surface area contributed by atoms with E-state index in [1.165, 1.54) is 6.92 Å². The summed E-state index contributed by atoms with van der Waals surface area (Å²) in [4.78, 5) is 34.6. The number of benzene rings is 1. The Balaban J connectivity index is 2.68. The van der Waals surface area contributed by atoms with E-state index in [0.29, 0.717) is 6.42 Å². The predicted molar refractivity (Wildman–Crippen MR) is 86.8 cm³/mol. The van der Waals surface area contributed by atoms with Gasteiger partial charge in [-0.15, -0.1) is 0 Å². The molecule has 0 fully saturated rings. The lowest BCUT2D eigenvalue weighted by atomic mass is 9.92. The Morgan fingerprint density at radius 1 is 1.22 bits per heavy atom. The highest BCUT2D eigenvalue weighted by Gasteiger charge is 2.24. The quantitative estimate of drug-likeness (QED) is 0.632. The minimum atomic E-state index is -1.08. The Hall–Kier alpha value is -2.21. The second-order valence-corrected chi connectivity index (χ2v) is 5.90. The molecule has 6 nitrogen and oxygen atoms in total. The number of aliphatic carboxylic acids is 1. The molecule has 6 heteroatoms. The first kappa shape index (κ1) is 18.8. The second-order valence-electron chi connectivity index (χ2n) is 5.90. The summed E-state index contributed by atoms with van der Waals surface area (Å²) >= 11 is 0. The van der Waals surface area contributed by atoms with Crippen LogP contribution in [-0.4, -0.2) is 34.8 Å². The molecule has 0 aliphatic carbocycles. The van der Waals surface area contributed by atoms with Gasteiger partial charge in [0.25, 0.3) is 0 Å². The van der Waals surface area contributed by atoms with E-state index in [2.05, 4.69) is 5.32 Å². The molecular weight excluding hydrogens is 296 g/mol. The summed E-state index contributed by atoms with van der Waals surface area (Å²) in [5.41, 5.74) is 6.45. The van der Waals surface area contributed by atoms with Gasteiger partial charge in [-0.25, -0.2) is 0 Å². The van der Waals surface area contributed by atoms with E-state index in [4.69, 9.17) is 10.8 Å². The summed E-state index contributed by atoms with van der Waals surface area (Å²) in [6.45, 7) is 3.16. The molecule has 2 unspecified atom stereocenters. The maximum atomic E-state index is 12.4. The molecule has 1 amide bonds. The number of ketones is 1. The monoisotopic (exact) mass is 320 g/mol. The van der Waals surface area contributed by atoms with Gasteiger partial charge in [-0.1, -0.05) is 37.3 Å². The van der Waals surface area contributed by atoms with Crippen molar-refractivity contribution in [2.45, 2.75) is 45.2 Å². The fourth-order valence-corrected chi connectivity index (χ4v) is 2.44. The summed E-state index contributed by atoms with van der Waals surface area (Å²) in [5, 5.41) is 11.5. The first-order chi connectivity index (χ1) is 10.8. The van der Waals surface area contributed by atoms with Gasteiger partial charge in [-0.05, 0) is 24.3 Å². The number of nitrogens with one attached hydrogen (secondary N) is 1. The van der Waals surface area contributed by atoms with Crippen LogP contribution in [0.5, 0.6) is 0 Å². The lowest BCUT2D eigenvalue weighted by Crippen LogP contribution is -2.42. The highest BCUT2D eigenvalue weighted by atomic mass is 16.4. The van der Waals surface area contributed by atoms with Gasteiger partial charge in [-0.3, -0.25) is 14.4 Å². The predicted octanol–water partition coefficient (Wildman–Crippen LogP) is 1.13. The third kappa shape index (κ3) is 7.06. The van der Waals surface area contributed by atoms with Crippen LogP contribution < -0.4 is 11.1 Å². The number of carboxylic acids is 1. The highest BCUT2D eigenvalue weighted by molar-refractivity contribution is 5.88. The minimum Gasteiger partial charge on any atom is -0.480 e. The molecule has 3 atom stereocenters. The van der Waals surface area contributed by atoms with Gasteiger partial charge in [0, 0.05) is 13.3 Å². The lowest BCUT2D eigenvalue weighted by Gasteiger charge is -2.20. The van der Waals surface area contributed by atoms with E-state index in [1.807, 2.05) is 30.3 Å². The molecule has 0 spiro atoms. The standard InChI is InChI=1S/C17H24N2O4/c1-11(8-14(18)17(22)23)9-16(21)15(19-12(2)20)10-13-6-4-3-5-7-13/h3-7,11,14-15H,8-10,18H2,1-2H3,(H,19,20)(H,22,23)/t11?,14-,15?/m0/s1. The van der Waals surface area contributed by atoms with Crippen molar-refractivity contribution in [3.05, 3.63) is 35.9 Å².